The molecular formula is C22H29N5O2. The third kappa shape index (κ3) is 4.08. The van der Waals surface area contributed by atoms with E-state index in [1.54, 1.807) is 6.20 Å². The van der Waals surface area contributed by atoms with Gasteiger partial charge in [0.05, 0.1) is 31.0 Å². The molecule has 2 aromatic rings. The van der Waals surface area contributed by atoms with Gasteiger partial charge in [-0.25, -0.2) is 9.97 Å². The Morgan fingerprint density at radius 1 is 1.00 bits per heavy atom. The highest BCUT2D eigenvalue weighted by atomic mass is 16.6. The van der Waals surface area contributed by atoms with Gasteiger partial charge in [0, 0.05) is 31.5 Å². The maximum absolute atomic E-state index is 6.07. The van der Waals surface area contributed by atoms with Gasteiger partial charge in [-0.15, -0.1) is 0 Å². The molecule has 5 rings (SSSR count). The molecule has 4 atom stereocenters. The van der Waals surface area contributed by atoms with E-state index in [9.17, 15) is 0 Å². The lowest BCUT2D eigenvalue weighted by Gasteiger charge is -2.18. The van der Waals surface area contributed by atoms with Crippen LogP contribution in [-0.4, -0.2) is 68.1 Å². The van der Waals surface area contributed by atoms with E-state index in [1.807, 2.05) is 20.2 Å². The van der Waals surface area contributed by atoms with Gasteiger partial charge in [-0.3, -0.25) is 0 Å². The molecule has 7 heteroatoms. The predicted molar refractivity (Wildman–Crippen MR) is 113 cm³/mol. The lowest BCUT2D eigenvalue weighted by molar-refractivity contribution is 0.0675. The van der Waals surface area contributed by atoms with E-state index in [1.165, 1.54) is 18.5 Å². The molecule has 0 bridgehead atoms. The van der Waals surface area contributed by atoms with E-state index in [2.05, 4.69) is 44.8 Å². The van der Waals surface area contributed by atoms with E-state index < -0.39 is 0 Å². The summed E-state index contributed by atoms with van der Waals surface area (Å²) in [6.07, 6.45) is 4.65. The molecule has 1 aromatic heterocycles. The lowest BCUT2D eigenvalue weighted by atomic mass is 10.1. The SMILES string of the molecule is CN(C)c1ccc(-c2ccnc(N[C@H]3CO[C@H]4[C@@H]3OC[C@@H]4NCC3CC3)n2)cc1. The number of hydrogen-bond donors (Lipinski definition) is 2. The van der Waals surface area contributed by atoms with Gasteiger partial charge < -0.3 is 25.0 Å². The molecule has 3 aliphatic rings. The van der Waals surface area contributed by atoms with Gasteiger partial charge in [0.25, 0.3) is 0 Å². The van der Waals surface area contributed by atoms with Crippen LogP contribution in [0.2, 0.25) is 0 Å². The van der Waals surface area contributed by atoms with Gasteiger partial charge in [0.15, 0.2) is 0 Å². The van der Waals surface area contributed by atoms with Crippen LogP contribution in [0, 0.1) is 5.92 Å². The van der Waals surface area contributed by atoms with Crippen LogP contribution < -0.4 is 15.5 Å². The van der Waals surface area contributed by atoms with Crippen molar-refractivity contribution in [1.82, 2.24) is 15.3 Å². The van der Waals surface area contributed by atoms with Crippen LogP contribution >= 0.6 is 0 Å². The monoisotopic (exact) mass is 395 g/mol. The van der Waals surface area contributed by atoms with Crippen LogP contribution in [0.25, 0.3) is 11.3 Å². The summed E-state index contributed by atoms with van der Waals surface area (Å²) in [4.78, 5) is 11.2. The smallest absolute Gasteiger partial charge is 0.223 e. The quantitative estimate of drug-likeness (QED) is 0.744. The van der Waals surface area contributed by atoms with Gasteiger partial charge in [-0.1, -0.05) is 12.1 Å². The summed E-state index contributed by atoms with van der Waals surface area (Å²) in [5.74, 6) is 1.47. The van der Waals surface area contributed by atoms with Gasteiger partial charge in [0.1, 0.15) is 12.2 Å². The molecule has 154 valence electrons. The van der Waals surface area contributed by atoms with Gasteiger partial charge in [0.2, 0.25) is 5.95 Å². The van der Waals surface area contributed by atoms with Crippen molar-refractivity contribution in [3.63, 3.8) is 0 Å². The standard InChI is InChI=1S/C22H29N5O2/c1-27(2)16-7-5-15(6-8-16)17-9-10-23-22(25-17)26-19-13-29-20-18(12-28-21(19)20)24-11-14-3-4-14/h5-10,14,18-21,24H,3-4,11-13H2,1-2H3,(H,23,25,26)/t18-,19-,20+,21+/m0/s1. The summed E-state index contributed by atoms with van der Waals surface area (Å²) in [6.45, 7) is 2.40. The summed E-state index contributed by atoms with van der Waals surface area (Å²) >= 11 is 0. The van der Waals surface area contributed by atoms with Crippen LogP contribution in [0.5, 0.6) is 0 Å². The van der Waals surface area contributed by atoms with Crippen molar-refractivity contribution in [2.24, 2.45) is 5.92 Å². The third-order valence-corrected chi connectivity index (χ3v) is 6.07. The highest BCUT2D eigenvalue weighted by Gasteiger charge is 2.48. The predicted octanol–water partition coefficient (Wildman–Crippen LogP) is 2.16. The van der Waals surface area contributed by atoms with Crippen LogP contribution in [0.4, 0.5) is 11.6 Å². The zero-order chi connectivity index (χ0) is 19.8. The number of aromatic nitrogens is 2. The van der Waals surface area contributed by atoms with Crippen molar-refractivity contribution < 1.29 is 9.47 Å². The Labute approximate surface area is 171 Å². The molecule has 1 saturated carbocycles. The largest absolute Gasteiger partial charge is 0.378 e. The Morgan fingerprint density at radius 2 is 1.72 bits per heavy atom. The minimum Gasteiger partial charge on any atom is -0.378 e. The first-order valence-electron chi connectivity index (χ1n) is 10.5. The van der Waals surface area contributed by atoms with Crippen molar-refractivity contribution in [2.75, 3.05) is 44.1 Å². The number of rotatable bonds is 7. The van der Waals surface area contributed by atoms with Crippen LogP contribution in [-0.2, 0) is 9.47 Å². The van der Waals surface area contributed by atoms with E-state index >= 15 is 0 Å². The Kier molecular flexibility index (Phi) is 5.11. The molecule has 3 fully saturated rings. The van der Waals surface area contributed by atoms with E-state index in [-0.39, 0.29) is 24.3 Å². The molecule has 0 radical (unpaired) electrons. The second-order valence-electron chi connectivity index (χ2n) is 8.51. The van der Waals surface area contributed by atoms with E-state index in [0.717, 1.165) is 23.7 Å². The van der Waals surface area contributed by atoms with Gasteiger partial charge in [-0.2, -0.15) is 0 Å². The van der Waals surface area contributed by atoms with Crippen molar-refractivity contribution >= 4 is 11.6 Å². The van der Waals surface area contributed by atoms with Crippen LogP contribution in [0.1, 0.15) is 12.8 Å². The minimum atomic E-state index is 0.0401. The summed E-state index contributed by atoms with van der Waals surface area (Å²) in [6, 6.07) is 10.7. The normalized spacial score (nSPS) is 28.3. The van der Waals surface area contributed by atoms with Crippen molar-refractivity contribution in [3.8, 4) is 11.3 Å². The van der Waals surface area contributed by atoms with E-state index in [0.29, 0.717) is 19.2 Å². The molecule has 7 nitrogen and oxygen atoms in total. The van der Waals surface area contributed by atoms with Crippen molar-refractivity contribution in [1.29, 1.82) is 0 Å². The fourth-order valence-electron chi connectivity index (χ4n) is 4.12. The zero-order valence-electron chi connectivity index (χ0n) is 17.0. The fraction of sp³-hybridized carbons (Fsp3) is 0.545. The minimum absolute atomic E-state index is 0.0401. The van der Waals surface area contributed by atoms with Crippen LogP contribution in [0.3, 0.4) is 0 Å². The number of ether oxygens (including phenoxy) is 2. The molecular weight excluding hydrogens is 366 g/mol. The molecule has 29 heavy (non-hydrogen) atoms. The maximum Gasteiger partial charge on any atom is 0.223 e. The number of nitrogens with zero attached hydrogens (tertiary/aromatic N) is 3. The fourth-order valence-corrected chi connectivity index (χ4v) is 4.12. The molecule has 1 aromatic carbocycles. The first-order chi connectivity index (χ1) is 14.2. The second kappa shape index (κ2) is 7.89. The molecule has 0 amide bonds. The Morgan fingerprint density at radius 3 is 2.45 bits per heavy atom. The Balaban J connectivity index is 1.24. The number of nitrogens with one attached hydrogen (secondary N) is 2. The van der Waals surface area contributed by atoms with Crippen molar-refractivity contribution in [2.45, 2.75) is 37.1 Å². The Hall–Kier alpha value is -2.22. The molecule has 0 unspecified atom stereocenters. The molecule has 2 aliphatic heterocycles. The Bertz CT molecular complexity index is 839. The average Bonchev–Trinajstić information content (AvgIpc) is 3.36. The topological polar surface area (TPSA) is 71.5 Å². The summed E-state index contributed by atoms with van der Waals surface area (Å²) in [5.41, 5.74) is 3.14. The number of anilines is 2. The first-order valence-corrected chi connectivity index (χ1v) is 10.5. The van der Waals surface area contributed by atoms with Gasteiger partial charge in [-0.05, 0) is 43.5 Å². The van der Waals surface area contributed by atoms with Gasteiger partial charge >= 0.3 is 0 Å². The summed E-state index contributed by atoms with van der Waals surface area (Å²) < 4.78 is 12.1. The third-order valence-electron chi connectivity index (χ3n) is 6.07. The number of benzene rings is 1. The lowest BCUT2D eigenvalue weighted by Crippen LogP contribution is -2.42. The van der Waals surface area contributed by atoms with Crippen molar-refractivity contribution in [3.05, 3.63) is 36.5 Å². The maximum atomic E-state index is 6.07. The average molecular weight is 396 g/mol. The second-order valence-corrected chi connectivity index (χ2v) is 8.51. The molecule has 2 saturated heterocycles. The highest BCUT2D eigenvalue weighted by Crippen LogP contribution is 2.31. The molecule has 2 N–H and O–H groups in total. The summed E-state index contributed by atoms with van der Waals surface area (Å²) in [7, 11) is 4.07. The van der Waals surface area contributed by atoms with Crippen LogP contribution in [0.15, 0.2) is 36.5 Å². The first kappa shape index (κ1) is 18.8. The molecule has 1 aliphatic carbocycles. The highest BCUT2D eigenvalue weighted by molar-refractivity contribution is 5.63. The number of fused-ring (bicyclic) bond motifs is 1. The van der Waals surface area contributed by atoms with E-state index in [4.69, 9.17) is 14.5 Å². The summed E-state index contributed by atoms with van der Waals surface area (Å²) in [5, 5.41) is 7.07. The molecule has 0 spiro atoms. The zero-order valence-corrected chi connectivity index (χ0v) is 17.0. The molecule has 3 heterocycles. The number of hydrogen-bond acceptors (Lipinski definition) is 7.